The van der Waals surface area contributed by atoms with Gasteiger partial charge in [-0.15, -0.1) is 0 Å². The molecular weight excluding hydrogens is 202 g/mol. The van der Waals surface area contributed by atoms with Gasteiger partial charge < -0.3 is 15.5 Å². The van der Waals surface area contributed by atoms with Crippen molar-refractivity contribution in [1.82, 2.24) is 5.32 Å². The fraction of sp³-hybridized carbons (Fsp3) is 0.538. The van der Waals surface area contributed by atoms with Crippen LogP contribution in [0.15, 0.2) is 24.3 Å². The normalized spacial score (nSPS) is 12.7. The predicted molar refractivity (Wildman–Crippen MR) is 64.9 cm³/mol. The van der Waals surface area contributed by atoms with Gasteiger partial charge in [-0.05, 0) is 30.0 Å². The zero-order valence-corrected chi connectivity index (χ0v) is 9.82. The summed E-state index contributed by atoms with van der Waals surface area (Å²) in [6, 6.07) is 7.92. The largest absolute Gasteiger partial charge is 0.396 e. The van der Waals surface area contributed by atoms with Crippen LogP contribution in [0, 0.1) is 5.92 Å². The Morgan fingerprint density at radius 3 is 2.31 bits per heavy atom. The van der Waals surface area contributed by atoms with Gasteiger partial charge in [-0.1, -0.05) is 31.2 Å². The maximum Gasteiger partial charge on any atom is 0.0681 e. The standard InChI is InChI=1S/C13H21NO2/c1-11(6-7-15)8-14-9-12-2-4-13(10-16)5-3-12/h2-5,11,14-16H,6-10H2,1H3. The Labute approximate surface area is 97.1 Å². The predicted octanol–water partition coefficient (Wildman–Crippen LogP) is 1.29. The fourth-order valence-electron chi connectivity index (χ4n) is 1.55. The van der Waals surface area contributed by atoms with Crippen LogP contribution in [0.2, 0.25) is 0 Å². The summed E-state index contributed by atoms with van der Waals surface area (Å²) in [7, 11) is 0. The molecule has 3 heteroatoms. The van der Waals surface area contributed by atoms with Crippen LogP contribution in [0.5, 0.6) is 0 Å². The van der Waals surface area contributed by atoms with Crippen LogP contribution in [0.25, 0.3) is 0 Å². The summed E-state index contributed by atoms with van der Waals surface area (Å²) in [6.45, 7) is 4.23. The summed E-state index contributed by atoms with van der Waals surface area (Å²) in [5.74, 6) is 0.502. The van der Waals surface area contributed by atoms with Crippen molar-refractivity contribution >= 4 is 0 Å². The molecule has 0 fully saturated rings. The van der Waals surface area contributed by atoms with Crippen molar-refractivity contribution in [2.75, 3.05) is 13.2 Å². The number of aliphatic hydroxyl groups is 2. The molecular formula is C13H21NO2. The van der Waals surface area contributed by atoms with E-state index in [2.05, 4.69) is 12.2 Å². The zero-order valence-electron chi connectivity index (χ0n) is 9.82. The minimum atomic E-state index is 0.0985. The highest BCUT2D eigenvalue weighted by atomic mass is 16.3. The van der Waals surface area contributed by atoms with Crippen LogP contribution in [0.1, 0.15) is 24.5 Å². The van der Waals surface area contributed by atoms with Gasteiger partial charge >= 0.3 is 0 Å². The van der Waals surface area contributed by atoms with Gasteiger partial charge in [0.15, 0.2) is 0 Å². The molecule has 0 radical (unpaired) electrons. The summed E-state index contributed by atoms with van der Waals surface area (Å²) < 4.78 is 0. The van der Waals surface area contributed by atoms with E-state index in [-0.39, 0.29) is 13.2 Å². The Bertz CT molecular complexity index is 284. The summed E-state index contributed by atoms with van der Waals surface area (Å²) in [4.78, 5) is 0. The molecule has 0 spiro atoms. The first-order valence-electron chi connectivity index (χ1n) is 5.76. The molecule has 3 nitrogen and oxygen atoms in total. The molecule has 0 saturated heterocycles. The van der Waals surface area contributed by atoms with E-state index >= 15 is 0 Å². The average Bonchev–Trinajstić information content (AvgIpc) is 2.30. The molecule has 1 aromatic carbocycles. The summed E-state index contributed by atoms with van der Waals surface area (Å²) in [5.41, 5.74) is 2.16. The molecule has 0 bridgehead atoms. The first kappa shape index (κ1) is 13.2. The number of rotatable bonds is 7. The first-order valence-corrected chi connectivity index (χ1v) is 5.76. The van der Waals surface area contributed by atoms with Gasteiger partial charge in [0.1, 0.15) is 0 Å². The number of hydrogen-bond acceptors (Lipinski definition) is 3. The van der Waals surface area contributed by atoms with E-state index in [9.17, 15) is 0 Å². The van der Waals surface area contributed by atoms with Gasteiger partial charge in [-0.2, -0.15) is 0 Å². The van der Waals surface area contributed by atoms with Crippen molar-refractivity contribution in [3.05, 3.63) is 35.4 Å². The van der Waals surface area contributed by atoms with E-state index in [1.807, 2.05) is 24.3 Å². The summed E-state index contributed by atoms with van der Waals surface area (Å²) >= 11 is 0. The van der Waals surface area contributed by atoms with E-state index in [0.29, 0.717) is 5.92 Å². The van der Waals surface area contributed by atoms with Crippen LogP contribution < -0.4 is 5.32 Å². The van der Waals surface area contributed by atoms with E-state index in [1.54, 1.807) is 0 Å². The molecule has 0 amide bonds. The molecule has 1 rings (SSSR count). The Morgan fingerprint density at radius 1 is 1.12 bits per heavy atom. The highest BCUT2D eigenvalue weighted by Crippen LogP contribution is 2.04. The number of benzene rings is 1. The number of nitrogens with one attached hydrogen (secondary N) is 1. The van der Waals surface area contributed by atoms with Gasteiger partial charge in [0, 0.05) is 13.2 Å². The molecule has 0 aromatic heterocycles. The Balaban J connectivity index is 2.26. The molecule has 0 saturated carbocycles. The molecule has 3 N–H and O–H groups in total. The highest BCUT2D eigenvalue weighted by Gasteiger charge is 2.00. The molecule has 1 aromatic rings. The van der Waals surface area contributed by atoms with Crippen LogP contribution >= 0.6 is 0 Å². The second-order valence-corrected chi connectivity index (χ2v) is 4.22. The molecule has 1 unspecified atom stereocenters. The Kier molecular flexibility index (Phi) is 6.08. The van der Waals surface area contributed by atoms with Crippen molar-refractivity contribution in [2.24, 2.45) is 5.92 Å². The van der Waals surface area contributed by atoms with Gasteiger partial charge in [0.25, 0.3) is 0 Å². The van der Waals surface area contributed by atoms with Crippen LogP contribution in [-0.2, 0) is 13.2 Å². The monoisotopic (exact) mass is 223 g/mol. The topological polar surface area (TPSA) is 52.5 Å². The third-order valence-electron chi connectivity index (χ3n) is 2.65. The third-order valence-corrected chi connectivity index (χ3v) is 2.65. The van der Waals surface area contributed by atoms with Crippen molar-refractivity contribution < 1.29 is 10.2 Å². The minimum Gasteiger partial charge on any atom is -0.396 e. The Hall–Kier alpha value is -0.900. The lowest BCUT2D eigenvalue weighted by Crippen LogP contribution is -2.21. The van der Waals surface area contributed by atoms with Crippen LogP contribution in [-0.4, -0.2) is 23.4 Å². The minimum absolute atomic E-state index is 0.0985. The average molecular weight is 223 g/mol. The SMILES string of the molecule is CC(CCO)CNCc1ccc(CO)cc1. The van der Waals surface area contributed by atoms with Crippen molar-refractivity contribution in [3.8, 4) is 0 Å². The van der Waals surface area contributed by atoms with Gasteiger partial charge in [0.2, 0.25) is 0 Å². The fourth-order valence-corrected chi connectivity index (χ4v) is 1.55. The lowest BCUT2D eigenvalue weighted by Gasteiger charge is -2.11. The molecule has 0 aliphatic rings. The molecule has 1 atom stereocenters. The zero-order chi connectivity index (χ0) is 11.8. The number of hydrogen-bond donors (Lipinski definition) is 3. The van der Waals surface area contributed by atoms with E-state index in [0.717, 1.165) is 25.1 Å². The second kappa shape index (κ2) is 7.39. The van der Waals surface area contributed by atoms with E-state index < -0.39 is 0 Å². The maximum atomic E-state index is 8.90. The van der Waals surface area contributed by atoms with E-state index in [1.165, 1.54) is 5.56 Å². The van der Waals surface area contributed by atoms with Gasteiger partial charge in [-0.25, -0.2) is 0 Å². The maximum absolute atomic E-state index is 8.90. The molecule has 0 aliphatic carbocycles. The van der Waals surface area contributed by atoms with Gasteiger partial charge in [-0.3, -0.25) is 0 Å². The third kappa shape index (κ3) is 4.75. The second-order valence-electron chi connectivity index (χ2n) is 4.22. The molecule has 0 aliphatic heterocycles. The lowest BCUT2D eigenvalue weighted by molar-refractivity contribution is 0.260. The smallest absolute Gasteiger partial charge is 0.0681 e. The summed E-state index contributed by atoms with van der Waals surface area (Å²) in [5, 5.41) is 21.0. The lowest BCUT2D eigenvalue weighted by atomic mass is 10.1. The van der Waals surface area contributed by atoms with E-state index in [4.69, 9.17) is 10.2 Å². The highest BCUT2D eigenvalue weighted by molar-refractivity contribution is 5.21. The van der Waals surface area contributed by atoms with Crippen molar-refractivity contribution in [2.45, 2.75) is 26.5 Å². The first-order chi connectivity index (χ1) is 7.76. The molecule has 90 valence electrons. The summed E-state index contributed by atoms with van der Waals surface area (Å²) in [6.07, 6.45) is 0.844. The molecule has 0 heterocycles. The Morgan fingerprint density at radius 2 is 1.75 bits per heavy atom. The van der Waals surface area contributed by atoms with Crippen molar-refractivity contribution in [1.29, 1.82) is 0 Å². The van der Waals surface area contributed by atoms with Crippen molar-refractivity contribution in [3.63, 3.8) is 0 Å². The van der Waals surface area contributed by atoms with Gasteiger partial charge in [0.05, 0.1) is 6.61 Å². The number of aliphatic hydroxyl groups excluding tert-OH is 2. The van der Waals surface area contributed by atoms with Crippen LogP contribution in [0.4, 0.5) is 0 Å². The quantitative estimate of drug-likeness (QED) is 0.653. The van der Waals surface area contributed by atoms with Crippen LogP contribution in [0.3, 0.4) is 0 Å². The molecule has 16 heavy (non-hydrogen) atoms.